The number of benzene rings is 3. The number of rotatable bonds is 6. The van der Waals surface area contributed by atoms with Gasteiger partial charge >= 0.3 is 11.7 Å². The fourth-order valence-corrected chi connectivity index (χ4v) is 2.77. The third-order valence-electron chi connectivity index (χ3n) is 3.99. The highest BCUT2D eigenvalue weighted by molar-refractivity contribution is 6.42. The van der Waals surface area contributed by atoms with Crippen LogP contribution < -0.4 is 4.74 Å². The predicted octanol–water partition coefficient (Wildman–Crippen LogP) is 6.36. The number of aryl methyl sites for hydroxylation is 1. The third kappa shape index (κ3) is 5.25. The van der Waals surface area contributed by atoms with Crippen molar-refractivity contribution in [3.63, 3.8) is 0 Å². The minimum absolute atomic E-state index is 0.0958. The molecule has 0 aliphatic heterocycles. The van der Waals surface area contributed by atoms with Gasteiger partial charge in [-0.3, -0.25) is 10.1 Å². The van der Waals surface area contributed by atoms with Gasteiger partial charge in [0.2, 0.25) is 5.75 Å². The number of halogens is 2. The van der Waals surface area contributed by atoms with Crippen molar-refractivity contribution in [3.8, 4) is 11.5 Å². The van der Waals surface area contributed by atoms with Crippen LogP contribution in [0, 0.1) is 17.0 Å². The number of esters is 1. The van der Waals surface area contributed by atoms with E-state index in [0.717, 1.165) is 5.56 Å². The number of carbonyl (C=O) groups is 1. The van der Waals surface area contributed by atoms with Gasteiger partial charge in [-0.2, -0.15) is 0 Å². The van der Waals surface area contributed by atoms with Crippen LogP contribution in [0.4, 0.5) is 5.69 Å². The highest BCUT2D eigenvalue weighted by atomic mass is 35.5. The van der Waals surface area contributed by atoms with Gasteiger partial charge in [0.25, 0.3) is 0 Å². The molecule has 0 spiro atoms. The molecule has 0 unspecified atom stereocenters. The lowest BCUT2D eigenvalue weighted by Gasteiger charge is -2.09. The smallest absolute Gasteiger partial charge is 0.338 e. The minimum Gasteiger partial charge on any atom is -0.457 e. The van der Waals surface area contributed by atoms with E-state index in [2.05, 4.69) is 0 Å². The molecule has 0 aromatic heterocycles. The molecule has 3 rings (SSSR count). The molecule has 0 fully saturated rings. The number of hydrogen-bond acceptors (Lipinski definition) is 5. The molecule has 0 saturated carbocycles. The van der Waals surface area contributed by atoms with Crippen molar-refractivity contribution >= 4 is 34.9 Å². The van der Waals surface area contributed by atoms with E-state index in [9.17, 15) is 14.9 Å². The quantitative estimate of drug-likeness (QED) is 0.257. The van der Waals surface area contributed by atoms with E-state index in [4.69, 9.17) is 32.7 Å². The molecule has 0 heterocycles. The first-order valence-electron chi connectivity index (χ1n) is 8.47. The van der Waals surface area contributed by atoms with Crippen LogP contribution in [0.2, 0.25) is 10.0 Å². The summed E-state index contributed by atoms with van der Waals surface area (Å²) in [4.78, 5) is 23.0. The van der Waals surface area contributed by atoms with Crippen molar-refractivity contribution in [2.45, 2.75) is 13.5 Å². The molecule has 29 heavy (non-hydrogen) atoms. The van der Waals surface area contributed by atoms with E-state index in [0.29, 0.717) is 16.3 Å². The fraction of sp³-hybridized carbons (Fsp3) is 0.0952. The molecule has 0 atom stereocenters. The van der Waals surface area contributed by atoms with Crippen LogP contribution in [-0.4, -0.2) is 10.9 Å². The van der Waals surface area contributed by atoms with Crippen LogP contribution >= 0.6 is 23.2 Å². The summed E-state index contributed by atoms with van der Waals surface area (Å²) < 4.78 is 10.8. The maximum Gasteiger partial charge on any atom is 0.338 e. The van der Waals surface area contributed by atoms with Gasteiger partial charge in [0.15, 0.2) is 0 Å². The second-order valence-corrected chi connectivity index (χ2v) is 6.99. The Morgan fingerprint density at radius 3 is 2.38 bits per heavy atom. The molecule has 3 aromatic rings. The number of nitro groups is 1. The zero-order chi connectivity index (χ0) is 21.0. The molecule has 148 valence electrons. The molecule has 8 heteroatoms. The van der Waals surface area contributed by atoms with Crippen LogP contribution in [0.15, 0.2) is 60.7 Å². The molecule has 3 aromatic carbocycles. The number of hydrogen-bond donors (Lipinski definition) is 0. The number of nitrogens with zero attached hydrogens (tertiary/aromatic N) is 1. The Bertz CT molecular complexity index is 1070. The molecular weight excluding hydrogens is 417 g/mol. The lowest BCUT2D eigenvalue weighted by molar-refractivity contribution is -0.385. The van der Waals surface area contributed by atoms with Crippen molar-refractivity contribution in [1.29, 1.82) is 0 Å². The van der Waals surface area contributed by atoms with E-state index in [1.54, 1.807) is 18.2 Å². The maximum atomic E-state index is 12.2. The SMILES string of the molecule is Cc1ccc(Oc2ccc(COC(=O)c3ccc(Cl)c(Cl)c3)cc2[N+](=O)[O-])cc1. The molecule has 0 saturated heterocycles. The molecule has 0 bridgehead atoms. The molecule has 0 amide bonds. The summed E-state index contributed by atoms with van der Waals surface area (Å²) in [7, 11) is 0. The van der Waals surface area contributed by atoms with E-state index in [1.165, 1.54) is 30.3 Å². The van der Waals surface area contributed by atoms with Crippen molar-refractivity contribution in [2.24, 2.45) is 0 Å². The normalized spacial score (nSPS) is 10.4. The standard InChI is InChI=1S/C21H15Cl2NO5/c1-13-2-6-16(7-3-13)29-20-9-4-14(10-19(20)24(26)27)12-28-21(25)15-5-8-17(22)18(23)11-15/h2-11H,12H2,1H3. The Labute approximate surface area is 176 Å². The fourth-order valence-electron chi connectivity index (χ4n) is 2.47. The molecule has 0 radical (unpaired) electrons. The van der Waals surface area contributed by atoms with Gasteiger partial charge < -0.3 is 9.47 Å². The van der Waals surface area contributed by atoms with Crippen LogP contribution in [0.25, 0.3) is 0 Å². The molecule has 6 nitrogen and oxygen atoms in total. The highest BCUT2D eigenvalue weighted by Crippen LogP contribution is 2.32. The lowest BCUT2D eigenvalue weighted by atomic mass is 10.2. The van der Waals surface area contributed by atoms with Crippen LogP contribution in [-0.2, 0) is 11.3 Å². The Kier molecular flexibility index (Phi) is 6.36. The summed E-state index contributed by atoms with van der Waals surface area (Å²) >= 11 is 11.7. The summed E-state index contributed by atoms with van der Waals surface area (Å²) in [6.07, 6.45) is 0. The predicted molar refractivity (Wildman–Crippen MR) is 110 cm³/mol. The second-order valence-electron chi connectivity index (χ2n) is 6.18. The van der Waals surface area contributed by atoms with Crippen molar-refractivity contribution in [3.05, 3.63) is 97.5 Å². The summed E-state index contributed by atoms with van der Waals surface area (Å²) in [5.74, 6) is -0.0397. The lowest BCUT2D eigenvalue weighted by Crippen LogP contribution is -2.05. The topological polar surface area (TPSA) is 78.7 Å². The Morgan fingerprint density at radius 2 is 1.72 bits per heavy atom. The summed E-state index contributed by atoms with van der Waals surface area (Å²) in [5, 5.41) is 12.0. The van der Waals surface area contributed by atoms with Crippen molar-refractivity contribution in [1.82, 2.24) is 0 Å². The first kappa shape index (κ1) is 20.6. The Morgan fingerprint density at radius 1 is 1.00 bits per heavy atom. The van der Waals surface area contributed by atoms with Gasteiger partial charge in [-0.25, -0.2) is 4.79 Å². The Balaban J connectivity index is 1.74. The first-order chi connectivity index (χ1) is 13.8. The zero-order valence-electron chi connectivity index (χ0n) is 15.2. The molecule has 0 aliphatic rings. The van der Waals surface area contributed by atoms with Gasteiger partial charge in [-0.05, 0) is 48.9 Å². The van der Waals surface area contributed by atoms with Crippen molar-refractivity contribution in [2.75, 3.05) is 0 Å². The van der Waals surface area contributed by atoms with Gasteiger partial charge in [-0.1, -0.05) is 47.0 Å². The van der Waals surface area contributed by atoms with Gasteiger partial charge in [0, 0.05) is 6.07 Å². The van der Waals surface area contributed by atoms with E-state index in [1.807, 2.05) is 19.1 Å². The van der Waals surface area contributed by atoms with Crippen LogP contribution in [0.5, 0.6) is 11.5 Å². The van der Waals surface area contributed by atoms with E-state index >= 15 is 0 Å². The number of ether oxygens (including phenoxy) is 2. The maximum absolute atomic E-state index is 12.2. The van der Waals surface area contributed by atoms with Gasteiger partial charge in [0.05, 0.1) is 20.5 Å². The largest absolute Gasteiger partial charge is 0.457 e. The van der Waals surface area contributed by atoms with Crippen molar-refractivity contribution < 1.29 is 19.2 Å². The average molecular weight is 432 g/mol. The third-order valence-corrected chi connectivity index (χ3v) is 4.73. The Hall–Kier alpha value is -3.09. The minimum atomic E-state index is -0.619. The zero-order valence-corrected chi connectivity index (χ0v) is 16.7. The number of carbonyl (C=O) groups excluding carboxylic acids is 1. The number of nitro benzene ring substituents is 1. The van der Waals surface area contributed by atoms with E-state index in [-0.39, 0.29) is 28.6 Å². The van der Waals surface area contributed by atoms with Crippen LogP contribution in [0.3, 0.4) is 0 Å². The van der Waals surface area contributed by atoms with Gasteiger partial charge in [0.1, 0.15) is 12.4 Å². The molecule has 0 aliphatic carbocycles. The highest BCUT2D eigenvalue weighted by Gasteiger charge is 2.18. The molecular formula is C21H15Cl2NO5. The summed E-state index contributed by atoms with van der Waals surface area (Å²) in [6.45, 7) is 1.78. The second kappa shape index (κ2) is 8.94. The summed E-state index contributed by atoms with van der Waals surface area (Å²) in [6, 6.07) is 15.9. The van der Waals surface area contributed by atoms with Gasteiger partial charge in [-0.15, -0.1) is 0 Å². The van der Waals surface area contributed by atoms with Crippen LogP contribution in [0.1, 0.15) is 21.5 Å². The summed E-state index contributed by atoms with van der Waals surface area (Å²) in [5.41, 5.74) is 1.49. The monoisotopic (exact) mass is 431 g/mol. The molecule has 0 N–H and O–H groups in total. The first-order valence-corrected chi connectivity index (χ1v) is 9.23. The average Bonchev–Trinajstić information content (AvgIpc) is 2.70. The van der Waals surface area contributed by atoms with E-state index < -0.39 is 10.9 Å².